The van der Waals surface area contributed by atoms with Gasteiger partial charge in [-0.2, -0.15) is 0 Å². The first-order valence-electron chi connectivity index (χ1n) is 7.09. The molecular formula is C16H24N2O2. The second kappa shape index (κ2) is 5.09. The summed E-state index contributed by atoms with van der Waals surface area (Å²) >= 11 is 0. The molecule has 2 rings (SSSR count). The molecule has 20 heavy (non-hydrogen) atoms. The minimum absolute atomic E-state index is 0.0889. The van der Waals surface area contributed by atoms with Gasteiger partial charge in [-0.15, -0.1) is 0 Å². The Labute approximate surface area is 120 Å². The molecule has 0 bridgehead atoms. The molecule has 1 aliphatic carbocycles. The summed E-state index contributed by atoms with van der Waals surface area (Å²) in [5.74, 6) is 0. The largest absolute Gasteiger partial charge is 0.444 e. The summed E-state index contributed by atoms with van der Waals surface area (Å²) in [6, 6.07) is 8.02. The third-order valence-corrected chi connectivity index (χ3v) is 3.74. The van der Waals surface area contributed by atoms with Crippen LogP contribution in [0.3, 0.4) is 0 Å². The number of ether oxygens (including phenoxy) is 1. The lowest BCUT2D eigenvalue weighted by Crippen LogP contribution is -2.31. The molecule has 0 heterocycles. The van der Waals surface area contributed by atoms with Gasteiger partial charge in [-0.3, -0.25) is 5.32 Å². The van der Waals surface area contributed by atoms with E-state index < -0.39 is 11.7 Å². The number of hydrogen-bond donors (Lipinski definition) is 2. The summed E-state index contributed by atoms with van der Waals surface area (Å²) in [5.41, 5.74) is 7.63. The highest BCUT2D eigenvalue weighted by Crippen LogP contribution is 2.50. The van der Waals surface area contributed by atoms with Crippen molar-refractivity contribution in [2.24, 2.45) is 5.73 Å². The first kappa shape index (κ1) is 14.9. The second-order valence-corrected chi connectivity index (χ2v) is 6.65. The van der Waals surface area contributed by atoms with Crippen LogP contribution in [0.15, 0.2) is 24.3 Å². The van der Waals surface area contributed by atoms with Crippen LogP contribution in [0.2, 0.25) is 0 Å². The molecule has 1 aliphatic rings. The van der Waals surface area contributed by atoms with Crippen LogP contribution in [-0.4, -0.2) is 17.7 Å². The van der Waals surface area contributed by atoms with E-state index in [4.69, 9.17) is 10.5 Å². The van der Waals surface area contributed by atoms with Crippen molar-refractivity contribution in [3.8, 4) is 0 Å². The van der Waals surface area contributed by atoms with Crippen molar-refractivity contribution in [1.29, 1.82) is 0 Å². The molecule has 4 nitrogen and oxygen atoms in total. The summed E-state index contributed by atoms with van der Waals surface area (Å²) in [6.07, 6.45) is 1.79. The molecule has 110 valence electrons. The lowest BCUT2D eigenvalue weighted by Gasteiger charge is -2.22. The van der Waals surface area contributed by atoms with Gasteiger partial charge in [0.2, 0.25) is 0 Å². The molecule has 1 saturated carbocycles. The lowest BCUT2D eigenvalue weighted by molar-refractivity contribution is 0.0636. The average Bonchev–Trinajstić information content (AvgIpc) is 3.07. The molecule has 1 aromatic rings. The third kappa shape index (κ3) is 3.31. The van der Waals surface area contributed by atoms with Gasteiger partial charge in [0.05, 0.1) is 0 Å². The number of nitrogens with two attached hydrogens (primary N) is 1. The van der Waals surface area contributed by atoms with Gasteiger partial charge in [0.1, 0.15) is 5.60 Å². The van der Waals surface area contributed by atoms with Crippen LogP contribution >= 0.6 is 0 Å². The molecular weight excluding hydrogens is 252 g/mol. The Hall–Kier alpha value is -1.55. The maximum absolute atomic E-state index is 11.8. The van der Waals surface area contributed by atoms with Gasteiger partial charge in [-0.05, 0) is 58.2 Å². The Morgan fingerprint density at radius 3 is 2.55 bits per heavy atom. The normalized spacial score (nSPS) is 18.2. The fraction of sp³-hybridized carbons (Fsp3) is 0.562. The zero-order valence-electron chi connectivity index (χ0n) is 12.7. The van der Waals surface area contributed by atoms with Crippen molar-refractivity contribution >= 4 is 11.8 Å². The first-order valence-corrected chi connectivity index (χ1v) is 7.09. The van der Waals surface area contributed by atoms with Crippen molar-refractivity contribution in [2.45, 2.75) is 57.6 Å². The molecule has 0 aliphatic heterocycles. The van der Waals surface area contributed by atoms with E-state index >= 15 is 0 Å². The van der Waals surface area contributed by atoms with E-state index in [1.165, 1.54) is 5.56 Å². The van der Waals surface area contributed by atoms with E-state index in [0.29, 0.717) is 0 Å². The van der Waals surface area contributed by atoms with Gasteiger partial charge in [0, 0.05) is 17.1 Å². The van der Waals surface area contributed by atoms with Gasteiger partial charge in [-0.1, -0.05) is 12.1 Å². The molecule has 0 spiro atoms. The van der Waals surface area contributed by atoms with Gasteiger partial charge >= 0.3 is 6.09 Å². The Kier molecular flexibility index (Phi) is 3.78. The quantitative estimate of drug-likeness (QED) is 0.889. The van der Waals surface area contributed by atoms with Crippen molar-refractivity contribution in [3.63, 3.8) is 0 Å². The Morgan fingerprint density at radius 2 is 2.05 bits per heavy atom. The van der Waals surface area contributed by atoms with Crippen LogP contribution in [0.5, 0.6) is 0 Å². The van der Waals surface area contributed by atoms with Crippen molar-refractivity contribution in [1.82, 2.24) is 0 Å². The van der Waals surface area contributed by atoms with Crippen LogP contribution < -0.4 is 11.1 Å². The van der Waals surface area contributed by atoms with Gasteiger partial charge < -0.3 is 10.5 Å². The fourth-order valence-electron chi connectivity index (χ4n) is 2.47. The van der Waals surface area contributed by atoms with E-state index in [0.717, 1.165) is 18.5 Å². The number of hydrogen-bond acceptors (Lipinski definition) is 3. The van der Waals surface area contributed by atoms with Gasteiger partial charge in [0.25, 0.3) is 0 Å². The van der Waals surface area contributed by atoms with E-state index in [1.54, 1.807) is 0 Å². The molecule has 4 heteroatoms. The summed E-state index contributed by atoms with van der Waals surface area (Å²) in [7, 11) is 0. The molecule has 0 aromatic heterocycles. The van der Waals surface area contributed by atoms with Gasteiger partial charge in [0.15, 0.2) is 0 Å². The molecule has 3 N–H and O–H groups in total. The average molecular weight is 276 g/mol. The summed E-state index contributed by atoms with van der Waals surface area (Å²) in [6.45, 7) is 7.58. The van der Waals surface area contributed by atoms with E-state index in [1.807, 2.05) is 45.9 Å². The van der Waals surface area contributed by atoms with Crippen LogP contribution in [0.4, 0.5) is 10.5 Å². The Balaban J connectivity index is 2.09. The predicted molar refractivity (Wildman–Crippen MR) is 80.9 cm³/mol. The lowest BCUT2D eigenvalue weighted by atomic mass is 9.89. The van der Waals surface area contributed by atoms with Crippen molar-refractivity contribution in [3.05, 3.63) is 29.8 Å². The minimum atomic E-state index is -0.495. The number of carbonyl (C=O) groups is 1. The number of nitrogens with one attached hydrogen (secondary N) is 1. The molecule has 1 fully saturated rings. The maximum atomic E-state index is 11.8. The third-order valence-electron chi connectivity index (χ3n) is 3.74. The zero-order chi connectivity index (χ0) is 15.0. The molecule has 1 unspecified atom stereocenters. The summed E-state index contributed by atoms with van der Waals surface area (Å²) in [5, 5.41) is 2.78. The molecule has 1 aromatic carbocycles. The highest BCUT2D eigenvalue weighted by Gasteiger charge is 2.47. The molecule has 0 saturated heterocycles. The van der Waals surface area contributed by atoms with Gasteiger partial charge in [-0.25, -0.2) is 4.79 Å². The standard InChI is InChI=1S/C16H24N2O2/c1-11(17)16(8-9-16)12-6-5-7-13(10-12)18-14(19)20-15(2,3)4/h5-7,10-11H,8-9,17H2,1-4H3,(H,18,19). The zero-order valence-corrected chi connectivity index (χ0v) is 12.7. The van der Waals surface area contributed by atoms with E-state index in [-0.39, 0.29) is 11.5 Å². The van der Waals surface area contributed by atoms with Crippen LogP contribution in [0.25, 0.3) is 0 Å². The van der Waals surface area contributed by atoms with Crippen molar-refractivity contribution in [2.75, 3.05) is 5.32 Å². The number of anilines is 1. The van der Waals surface area contributed by atoms with Crippen LogP contribution in [0.1, 0.15) is 46.1 Å². The minimum Gasteiger partial charge on any atom is -0.444 e. The number of amides is 1. The molecule has 1 amide bonds. The highest BCUT2D eigenvalue weighted by atomic mass is 16.6. The Bertz CT molecular complexity index is 499. The van der Waals surface area contributed by atoms with Crippen LogP contribution in [0, 0.1) is 0 Å². The van der Waals surface area contributed by atoms with E-state index in [9.17, 15) is 4.79 Å². The summed E-state index contributed by atoms with van der Waals surface area (Å²) in [4.78, 5) is 11.8. The number of benzene rings is 1. The van der Waals surface area contributed by atoms with E-state index in [2.05, 4.69) is 11.4 Å². The maximum Gasteiger partial charge on any atom is 0.412 e. The fourth-order valence-corrected chi connectivity index (χ4v) is 2.47. The first-order chi connectivity index (χ1) is 9.23. The monoisotopic (exact) mass is 276 g/mol. The Morgan fingerprint density at radius 1 is 1.40 bits per heavy atom. The number of carbonyl (C=O) groups excluding carboxylic acids is 1. The summed E-state index contributed by atoms with van der Waals surface area (Å²) < 4.78 is 5.26. The molecule has 0 radical (unpaired) electrons. The highest BCUT2D eigenvalue weighted by molar-refractivity contribution is 5.85. The molecule has 1 atom stereocenters. The predicted octanol–water partition coefficient (Wildman–Crippen LogP) is 3.41. The van der Waals surface area contributed by atoms with Crippen molar-refractivity contribution < 1.29 is 9.53 Å². The smallest absolute Gasteiger partial charge is 0.412 e. The second-order valence-electron chi connectivity index (χ2n) is 6.65. The van der Waals surface area contributed by atoms with Crippen LogP contribution in [-0.2, 0) is 10.2 Å². The SMILES string of the molecule is CC(N)C1(c2cccc(NC(=O)OC(C)(C)C)c2)CC1. The number of rotatable bonds is 3. The topological polar surface area (TPSA) is 64.3 Å².